The molecule has 6 heteroatoms. The average molecular weight is 328 g/mol. The molecular weight excluding hydrogens is 304 g/mol. The fourth-order valence-corrected chi connectivity index (χ4v) is 3.05. The Balaban J connectivity index is 1.59. The molecule has 0 unspecified atom stereocenters. The van der Waals surface area contributed by atoms with Gasteiger partial charge in [0.05, 0.1) is 12.2 Å². The standard InChI is InChI=1S/C18H24N4O2/c1-2-24-15-9-6-5-8-14(15)18(23)19-12-11-17-21-20-16-10-4-3-7-13-22(16)17/h5-6,8-9H,2-4,7,10-13H2,1H3,(H,19,23). The van der Waals surface area contributed by atoms with Crippen molar-refractivity contribution in [1.82, 2.24) is 20.1 Å². The fourth-order valence-electron chi connectivity index (χ4n) is 3.05. The van der Waals surface area contributed by atoms with Crippen molar-refractivity contribution in [3.05, 3.63) is 41.5 Å². The molecule has 24 heavy (non-hydrogen) atoms. The lowest BCUT2D eigenvalue weighted by Gasteiger charge is -2.11. The molecule has 0 spiro atoms. The van der Waals surface area contributed by atoms with Gasteiger partial charge in [0.15, 0.2) is 0 Å². The van der Waals surface area contributed by atoms with Crippen molar-refractivity contribution in [3.63, 3.8) is 0 Å². The van der Waals surface area contributed by atoms with Gasteiger partial charge >= 0.3 is 0 Å². The van der Waals surface area contributed by atoms with Crippen molar-refractivity contribution in [2.24, 2.45) is 0 Å². The molecule has 128 valence electrons. The Morgan fingerprint density at radius 3 is 3.00 bits per heavy atom. The Hall–Kier alpha value is -2.37. The predicted molar refractivity (Wildman–Crippen MR) is 91.2 cm³/mol. The van der Waals surface area contributed by atoms with Gasteiger partial charge in [-0.2, -0.15) is 0 Å². The molecule has 0 saturated carbocycles. The van der Waals surface area contributed by atoms with Crippen LogP contribution in [0.2, 0.25) is 0 Å². The van der Waals surface area contributed by atoms with Crippen molar-refractivity contribution >= 4 is 5.91 Å². The van der Waals surface area contributed by atoms with E-state index in [9.17, 15) is 4.79 Å². The maximum Gasteiger partial charge on any atom is 0.255 e. The van der Waals surface area contributed by atoms with Gasteiger partial charge in [0, 0.05) is 25.9 Å². The maximum absolute atomic E-state index is 12.4. The number of nitrogens with zero attached hydrogens (tertiary/aromatic N) is 3. The first kappa shape index (κ1) is 16.5. The van der Waals surface area contributed by atoms with Crippen LogP contribution in [0.15, 0.2) is 24.3 Å². The summed E-state index contributed by atoms with van der Waals surface area (Å²) in [5.41, 5.74) is 0.569. The van der Waals surface area contributed by atoms with Crippen LogP contribution in [0.5, 0.6) is 5.75 Å². The minimum absolute atomic E-state index is 0.116. The Morgan fingerprint density at radius 1 is 1.25 bits per heavy atom. The zero-order chi connectivity index (χ0) is 16.8. The number of benzene rings is 1. The highest BCUT2D eigenvalue weighted by molar-refractivity contribution is 5.96. The molecule has 3 rings (SSSR count). The molecule has 2 heterocycles. The molecule has 0 atom stereocenters. The second-order valence-electron chi connectivity index (χ2n) is 5.93. The molecule has 0 bridgehead atoms. The van der Waals surface area contributed by atoms with Crippen LogP contribution in [0.1, 0.15) is 48.2 Å². The molecule has 1 amide bonds. The van der Waals surface area contributed by atoms with E-state index in [1.54, 1.807) is 6.07 Å². The molecular formula is C18H24N4O2. The number of nitrogens with one attached hydrogen (secondary N) is 1. The summed E-state index contributed by atoms with van der Waals surface area (Å²) >= 11 is 0. The summed E-state index contributed by atoms with van der Waals surface area (Å²) in [6, 6.07) is 7.31. The molecule has 0 aliphatic carbocycles. The number of carbonyl (C=O) groups is 1. The topological polar surface area (TPSA) is 69.0 Å². The van der Waals surface area contributed by atoms with E-state index < -0.39 is 0 Å². The number of hydrogen-bond acceptors (Lipinski definition) is 4. The number of carbonyl (C=O) groups excluding carboxylic acids is 1. The molecule has 6 nitrogen and oxygen atoms in total. The van der Waals surface area contributed by atoms with E-state index in [1.807, 2.05) is 25.1 Å². The number of aryl methyl sites for hydroxylation is 1. The van der Waals surface area contributed by atoms with E-state index in [0.717, 1.165) is 24.6 Å². The molecule has 2 aromatic rings. The van der Waals surface area contributed by atoms with Crippen LogP contribution in [-0.2, 0) is 19.4 Å². The minimum atomic E-state index is -0.116. The smallest absolute Gasteiger partial charge is 0.255 e. The average Bonchev–Trinajstić information content (AvgIpc) is 2.82. The van der Waals surface area contributed by atoms with E-state index in [0.29, 0.717) is 30.9 Å². The number of ether oxygens (including phenoxy) is 1. The summed E-state index contributed by atoms with van der Waals surface area (Å²) < 4.78 is 7.73. The number of rotatable bonds is 6. The van der Waals surface area contributed by atoms with Crippen molar-refractivity contribution < 1.29 is 9.53 Å². The van der Waals surface area contributed by atoms with Crippen LogP contribution in [0.25, 0.3) is 0 Å². The zero-order valence-corrected chi connectivity index (χ0v) is 14.1. The van der Waals surface area contributed by atoms with Gasteiger partial charge < -0.3 is 14.6 Å². The summed E-state index contributed by atoms with van der Waals surface area (Å²) in [6.07, 6.45) is 5.29. The summed E-state index contributed by atoms with van der Waals surface area (Å²) in [5.74, 6) is 2.55. The summed E-state index contributed by atoms with van der Waals surface area (Å²) in [6.45, 7) is 3.97. The Morgan fingerprint density at radius 2 is 2.12 bits per heavy atom. The SMILES string of the molecule is CCOc1ccccc1C(=O)NCCc1nnc2n1CCCCC2. The zero-order valence-electron chi connectivity index (χ0n) is 14.1. The first-order chi connectivity index (χ1) is 11.8. The number of amides is 1. The fraction of sp³-hybridized carbons (Fsp3) is 0.500. The van der Waals surface area contributed by atoms with Crippen molar-refractivity contribution in [2.45, 2.75) is 45.6 Å². The first-order valence-corrected chi connectivity index (χ1v) is 8.70. The van der Waals surface area contributed by atoms with Gasteiger partial charge in [-0.1, -0.05) is 18.6 Å². The number of para-hydroxylation sites is 1. The van der Waals surface area contributed by atoms with E-state index in [2.05, 4.69) is 20.1 Å². The second-order valence-corrected chi connectivity index (χ2v) is 5.93. The highest BCUT2D eigenvalue weighted by Gasteiger charge is 2.15. The molecule has 1 aromatic heterocycles. The van der Waals surface area contributed by atoms with Crippen LogP contribution in [0, 0.1) is 0 Å². The van der Waals surface area contributed by atoms with Crippen LogP contribution >= 0.6 is 0 Å². The van der Waals surface area contributed by atoms with Crippen molar-refractivity contribution in [3.8, 4) is 5.75 Å². The van der Waals surface area contributed by atoms with Gasteiger partial charge in [0.25, 0.3) is 5.91 Å². The Labute approximate surface area is 142 Å². The monoisotopic (exact) mass is 328 g/mol. The largest absolute Gasteiger partial charge is 0.493 e. The highest BCUT2D eigenvalue weighted by atomic mass is 16.5. The lowest BCUT2D eigenvalue weighted by molar-refractivity contribution is 0.0950. The number of fused-ring (bicyclic) bond motifs is 1. The highest BCUT2D eigenvalue weighted by Crippen LogP contribution is 2.18. The normalized spacial score (nSPS) is 13.9. The van der Waals surface area contributed by atoms with E-state index >= 15 is 0 Å². The molecule has 0 fully saturated rings. The van der Waals surface area contributed by atoms with Crippen LogP contribution in [0.4, 0.5) is 0 Å². The molecule has 1 aliphatic rings. The van der Waals surface area contributed by atoms with E-state index in [4.69, 9.17) is 4.74 Å². The summed E-state index contributed by atoms with van der Waals surface area (Å²) in [5, 5.41) is 11.5. The van der Waals surface area contributed by atoms with Crippen molar-refractivity contribution in [2.75, 3.05) is 13.2 Å². The molecule has 0 saturated heterocycles. The van der Waals surface area contributed by atoms with Crippen molar-refractivity contribution in [1.29, 1.82) is 0 Å². The number of aromatic nitrogens is 3. The number of hydrogen-bond donors (Lipinski definition) is 1. The third-order valence-electron chi connectivity index (χ3n) is 4.25. The van der Waals surface area contributed by atoms with Gasteiger partial charge in [-0.05, 0) is 31.9 Å². The predicted octanol–water partition coefficient (Wildman–Crippen LogP) is 2.38. The van der Waals surface area contributed by atoms with Crippen LogP contribution in [0.3, 0.4) is 0 Å². The maximum atomic E-state index is 12.4. The minimum Gasteiger partial charge on any atom is -0.493 e. The van der Waals surface area contributed by atoms with Gasteiger partial charge in [-0.25, -0.2) is 0 Å². The van der Waals surface area contributed by atoms with Crippen LogP contribution < -0.4 is 10.1 Å². The summed E-state index contributed by atoms with van der Waals surface area (Å²) in [4.78, 5) is 12.4. The molecule has 1 aromatic carbocycles. The quantitative estimate of drug-likeness (QED) is 0.884. The lowest BCUT2D eigenvalue weighted by Crippen LogP contribution is -2.27. The molecule has 0 radical (unpaired) electrons. The van der Waals surface area contributed by atoms with Gasteiger partial charge in [-0.15, -0.1) is 10.2 Å². The molecule has 1 aliphatic heterocycles. The van der Waals surface area contributed by atoms with E-state index in [1.165, 1.54) is 19.3 Å². The van der Waals surface area contributed by atoms with E-state index in [-0.39, 0.29) is 5.91 Å². The van der Waals surface area contributed by atoms with Crippen LogP contribution in [-0.4, -0.2) is 33.8 Å². The Bertz CT molecular complexity index is 696. The first-order valence-electron chi connectivity index (χ1n) is 8.70. The third-order valence-corrected chi connectivity index (χ3v) is 4.25. The van der Waals surface area contributed by atoms with Gasteiger partial charge in [0.2, 0.25) is 0 Å². The third kappa shape index (κ3) is 3.75. The summed E-state index contributed by atoms with van der Waals surface area (Å²) in [7, 11) is 0. The molecule has 1 N–H and O–H groups in total. The van der Waals surface area contributed by atoms with Gasteiger partial charge in [-0.3, -0.25) is 4.79 Å². The lowest BCUT2D eigenvalue weighted by atomic mass is 10.2. The second kappa shape index (κ2) is 7.95. The Kier molecular flexibility index (Phi) is 5.46. The van der Waals surface area contributed by atoms with Gasteiger partial charge in [0.1, 0.15) is 17.4 Å².